The molecule has 0 fully saturated rings. The first-order chi connectivity index (χ1) is 9.47. The molecule has 0 bridgehead atoms. The summed E-state index contributed by atoms with van der Waals surface area (Å²) in [6.45, 7) is 1.81. The van der Waals surface area contributed by atoms with Gasteiger partial charge in [-0.2, -0.15) is 0 Å². The van der Waals surface area contributed by atoms with Gasteiger partial charge in [-0.05, 0) is 32.3 Å². The molecule has 0 amide bonds. The van der Waals surface area contributed by atoms with Gasteiger partial charge < -0.3 is 9.80 Å². The van der Waals surface area contributed by atoms with Crippen LogP contribution in [0.2, 0.25) is 0 Å². The molecule has 0 unspecified atom stereocenters. The van der Waals surface area contributed by atoms with Crippen molar-refractivity contribution in [1.29, 1.82) is 0 Å². The molecule has 0 N–H and O–H groups in total. The Kier molecular flexibility index (Phi) is 4.14. The fourth-order valence-electron chi connectivity index (χ4n) is 1.89. The molecule has 1 aromatic heterocycles. The predicted molar refractivity (Wildman–Crippen MR) is 80.2 cm³/mol. The molecule has 0 saturated heterocycles. The minimum absolute atomic E-state index is 0.0908. The van der Waals surface area contributed by atoms with Crippen molar-refractivity contribution in [3.63, 3.8) is 0 Å². The summed E-state index contributed by atoms with van der Waals surface area (Å²) in [5, 5.41) is 11.5. The van der Waals surface area contributed by atoms with Crippen molar-refractivity contribution in [2.75, 3.05) is 39.1 Å². The lowest BCUT2D eigenvalue weighted by molar-refractivity contribution is -0.384. The monoisotopic (exact) mass is 274 g/mol. The number of rotatable bonds is 5. The molecule has 0 spiro atoms. The number of benzene rings is 1. The zero-order valence-electron chi connectivity index (χ0n) is 11.9. The van der Waals surface area contributed by atoms with Crippen molar-refractivity contribution in [2.45, 2.75) is 0 Å². The van der Waals surface area contributed by atoms with E-state index in [1.54, 1.807) is 12.1 Å². The van der Waals surface area contributed by atoms with Gasteiger partial charge in [-0.3, -0.25) is 10.1 Å². The molecular weight excluding hydrogens is 256 g/mol. The molecule has 0 aliphatic rings. The van der Waals surface area contributed by atoms with E-state index in [0.29, 0.717) is 0 Å². The molecular formula is C14H18N4O2. The number of non-ortho nitro benzene ring substituents is 1. The normalized spacial score (nSPS) is 11.0. The molecule has 1 heterocycles. The molecule has 0 aliphatic heterocycles. The van der Waals surface area contributed by atoms with Crippen LogP contribution in [0, 0.1) is 10.1 Å². The number of pyridine rings is 1. The lowest BCUT2D eigenvalue weighted by atomic mass is 10.2. The van der Waals surface area contributed by atoms with E-state index >= 15 is 0 Å². The number of hydrogen-bond acceptors (Lipinski definition) is 5. The summed E-state index contributed by atoms with van der Waals surface area (Å²) >= 11 is 0. The average Bonchev–Trinajstić information content (AvgIpc) is 2.43. The number of nitro groups is 1. The molecule has 0 radical (unpaired) electrons. The average molecular weight is 274 g/mol. The van der Waals surface area contributed by atoms with Crippen molar-refractivity contribution in [3.05, 3.63) is 40.4 Å². The molecule has 6 nitrogen and oxygen atoms in total. The Morgan fingerprint density at radius 3 is 2.55 bits per heavy atom. The summed E-state index contributed by atoms with van der Waals surface area (Å²) in [7, 11) is 6.05. The highest BCUT2D eigenvalue weighted by Crippen LogP contribution is 2.22. The number of likely N-dealkylation sites (N-methyl/N-ethyl adjacent to an activating group) is 2. The van der Waals surface area contributed by atoms with Crippen LogP contribution in [0.15, 0.2) is 30.3 Å². The first-order valence-electron chi connectivity index (χ1n) is 6.38. The van der Waals surface area contributed by atoms with Gasteiger partial charge in [0.25, 0.3) is 5.69 Å². The van der Waals surface area contributed by atoms with Crippen LogP contribution < -0.4 is 4.90 Å². The number of anilines is 1. The van der Waals surface area contributed by atoms with E-state index in [1.807, 2.05) is 33.3 Å². The molecule has 0 aliphatic carbocycles. The standard InChI is InChI=1S/C14H18N4O2/c1-16(2)8-9-17(3)14-7-4-11-10-12(18(19)20)5-6-13(11)15-14/h4-7,10H,8-9H2,1-3H3. The Morgan fingerprint density at radius 1 is 1.15 bits per heavy atom. The van der Waals surface area contributed by atoms with Crippen molar-refractivity contribution in [2.24, 2.45) is 0 Å². The third kappa shape index (κ3) is 3.21. The predicted octanol–water partition coefficient (Wildman–Crippen LogP) is 2.14. The number of hydrogen-bond donors (Lipinski definition) is 0. The van der Waals surface area contributed by atoms with E-state index in [0.717, 1.165) is 29.8 Å². The maximum Gasteiger partial charge on any atom is 0.270 e. The van der Waals surface area contributed by atoms with Crippen LogP contribution in [0.3, 0.4) is 0 Å². The molecule has 1 aromatic carbocycles. The maximum absolute atomic E-state index is 10.7. The fourth-order valence-corrected chi connectivity index (χ4v) is 1.89. The smallest absolute Gasteiger partial charge is 0.270 e. The minimum atomic E-state index is -0.392. The highest BCUT2D eigenvalue weighted by molar-refractivity contribution is 5.82. The van der Waals surface area contributed by atoms with Crippen LogP contribution in [0.25, 0.3) is 10.9 Å². The minimum Gasteiger partial charge on any atom is -0.358 e. The summed E-state index contributed by atoms with van der Waals surface area (Å²) in [5.41, 5.74) is 0.859. The summed E-state index contributed by atoms with van der Waals surface area (Å²) in [4.78, 5) is 19.1. The summed E-state index contributed by atoms with van der Waals surface area (Å²) in [6.07, 6.45) is 0. The van der Waals surface area contributed by atoms with Crippen molar-refractivity contribution in [3.8, 4) is 0 Å². The van der Waals surface area contributed by atoms with E-state index in [-0.39, 0.29) is 5.69 Å². The lowest BCUT2D eigenvalue weighted by Gasteiger charge is -2.20. The van der Waals surface area contributed by atoms with Crippen LogP contribution in [-0.2, 0) is 0 Å². The Labute approximate surface area is 117 Å². The van der Waals surface area contributed by atoms with Gasteiger partial charge in [0.15, 0.2) is 0 Å². The van der Waals surface area contributed by atoms with Crippen molar-refractivity contribution >= 4 is 22.4 Å². The molecule has 2 aromatic rings. The third-order valence-corrected chi connectivity index (χ3v) is 3.14. The van der Waals surface area contributed by atoms with Gasteiger partial charge in [0.1, 0.15) is 5.82 Å². The van der Waals surface area contributed by atoms with E-state index in [1.165, 1.54) is 6.07 Å². The second-order valence-corrected chi connectivity index (χ2v) is 5.03. The SMILES string of the molecule is CN(C)CCN(C)c1ccc2cc([N+](=O)[O-])ccc2n1. The zero-order chi connectivity index (χ0) is 14.7. The molecule has 2 rings (SSSR count). The number of nitrogens with zero attached hydrogens (tertiary/aromatic N) is 4. The Morgan fingerprint density at radius 2 is 1.90 bits per heavy atom. The van der Waals surface area contributed by atoms with Gasteiger partial charge in [0.05, 0.1) is 10.4 Å². The van der Waals surface area contributed by atoms with Crippen molar-refractivity contribution in [1.82, 2.24) is 9.88 Å². The second kappa shape index (κ2) is 5.83. The first-order valence-corrected chi connectivity index (χ1v) is 6.38. The highest BCUT2D eigenvalue weighted by atomic mass is 16.6. The summed E-state index contributed by atoms with van der Waals surface area (Å²) in [5.74, 6) is 0.869. The Hall–Kier alpha value is -2.21. The van der Waals surface area contributed by atoms with E-state index in [9.17, 15) is 10.1 Å². The van der Waals surface area contributed by atoms with E-state index < -0.39 is 4.92 Å². The van der Waals surface area contributed by atoms with E-state index in [4.69, 9.17) is 0 Å². The molecule has 6 heteroatoms. The van der Waals surface area contributed by atoms with Gasteiger partial charge in [-0.25, -0.2) is 4.98 Å². The summed E-state index contributed by atoms with van der Waals surface area (Å²) < 4.78 is 0. The van der Waals surface area contributed by atoms with Gasteiger partial charge in [0, 0.05) is 37.7 Å². The van der Waals surface area contributed by atoms with Gasteiger partial charge in [0.2, 0.25) is 0 Å². The second-order valence-electron chi connectivity index (χ2n) is 5.03. The largest absolute Gasteiger partial charge is 0.358 e. The first kappa shape index (κ1) is 14.2. The van der Waals surface area contributed by atoms with E-state index in [2.05, 4.69) is 14.8 Å². The molecule has 106 valence electrons. The quantitative estimate of drug-likeness (QED) is 0.617. The molecule has 20 heavy (non-hydrogen) atoms. The van der Waals surface area contributed by atoms with Gasteiger partial charge in [-0.15, -0.1) is 0 Å². The van der Waals surface area contributed by atoms with Crippen LogP contribution in [0.5, 0.6) is 0 Å². The van der Waals surface area contributed by atoms with Gasteiger partial charge in [-0.1, -0.05) is 0 Å². The Bertz CT molecular complexity index is 628. The zero-order valence-corrected chi connectivity index (χ0v) is 11.9. The Balaban J connectivity index is 2.25. The van der Waals surface area contributed by atoms with Crippen LogP contribution in [0.4, 0.5) is 11.5 Å². The molecule has 0 atom stereocenters. The van der Waals surface area contributed by atoms with Crippen LogP contribution in [0.1, 0.15) is 0 Å². The molecule has 0 saturated carbocycles. The van der Waals surface area contributed by atoms with Crippen LogP contribution >= 0.6 is 0 Å². The van der Waals surface area contributed by atoms with Crippen LogP contribution in [-0.4, -0.2) is 49.0 Å². The highest BCUT2D eigenvalue weighted by Gasteiger charge is 2.08. The maximum atomic E-state index is 10.7. The lowest BCUT2D eigenvalue weighted by Crippen LogP contribution is -2.28. The number of nitro benzene ring substituents is 1. The number of aromatic nitrogens is 1. The summed E-state index contributed by atoms with van der Waals surface area (Å²) in [6, 6.07) is 8.49. The number of fused-ring (bicyclic) bond motifs is 1. The topological polar surface area (TPSA) is 62.5 Å². The van der Waals surface area contributed by atoms with Gasteiger partial charge >= 0.3 is 0 Å². The van der Waals surface area contributed by atoms with Crippen molar-refractivity contribution < 1.29 is 4.92 Å². The third-order valence-electron chi connectivity index (χ3n) is 3.14. The fraction of sp³-hybridized carbons (Fsp3) is 0.357.